The molecule has 1 heteroatoms. The Kier molecular flexibility index (Phi) is 6.32. The fraction of sp³-hybridized carbons (Fsp3) is 0.810. The van der Waals surface area contributed by atoms with Gasteiger partial charge in [-0.1, -0.05) is 50.5 Å². The van der Waals surface area contributed by atoms with E-state index in [0.717, 1.165) is 25.2 Å². The van der Waals surface area contributed by atoms with Gasteiger partial charge in [-0.05, 0) is 76.0 Å². The summed E-state index contributed by atoms with van der Waals surface area (Å²) in [6.07, 6.45) is 14.6. The van der Waals surface area contributed by atoms with Crippen LogP contribution in [0.25, 0.3) is 0 Å². The third kappa shape index (κ3) is 5.26. The van der Waals surface area contributed by atoms with Gasteiger partial charge in [-0.3, -0.25) is 0 Å². The van der Waals surface area contributed by atoms with Crippen molar-refractivity contribution in [3.8, 4) is 0 Å². The Labute approximate surface area is 137 Å². The third-order valence-corrected chi connectivity index (χ3v) is 6.10. The summed E-state index contributed by atoms with van der Waals surface area (Å²) in [6.45, 7) is 10.9. The Hall–Kier alpha value is -0.560. The molecule has 4 unspecified atom stereocenters. The average Bonchev–Trinajstić information content (AvgIpc) is 2.53. The lowest BCUT2D eigenvalue weighted by Crippen LogP contribution is -2.31. The van der Waals surface area contributed by atoms with Crippen molar-refractivity contribution in [2.75, 3.05) is 0 Å². The van der Waals surface area contributed by atoms with Crippen molar-refractivity contribution in [3.05, 3.63) is 23.8 Å². The van der Waals surface area contributed by atoms with Crippen LogP contribution in [-0.4, -0.2) is 10.7 Å². The van der Waals surface area contributed by atoms with Crippen LogP contribution in [0.15, 0.2) is 23.8 Å². The van der Waals surface area contributed by atoms with E-state index >= 15 is 0 Å². The summed E-state index contributed by atoms with van der Waals surface area (Å²) >= 11 is 0. The zero-order chi connectivity index (χ0) is 16.2. The van der Waals surface area contributed by atoms with Crippen molar-refractivity contribution in [2.45, 2.75) is 90.6 Å². The first-order chi connectivity index (χ1) is 10.4. The highest BCUT2D eigenvalue weighted by molar-refractivity contribution is 5.13. The van der Waals surface area contributed by atoms with E-state index < -0.39 is 5.60 Å². The van der Waals surface area contributed by atoms with Crippen LogP contribution in [0, 0.1) is 17.8 Å². The Morgan fingerprint density at radius 1 is 1.14 bits per heavy atom. The third-order valence-electron chi connectivity index (χ3n) is 6.10. The van der Waals surface area contributed by atoms with Gasteiger partial charge in [-0.2, -0.15) is 0 Å². The van der Waals surface area contributed by atoms with Crippen LogP contribution >= 0.6 is 0 Å². The second-order valence-electron chi connectivity index (χ2n) is 8.38. The van der Waals surface area contributed by atoms with E-state index in [0.29, 0.717) is 11.8 Å². The van der Waals surface area contributed by atoms with E-state index in [1.807, 2.05) is 6.92 Å². The van der Waals surface area contributed by atoms with Crippen LogP contribution in [0.3, 0.4) is 0 Å². The first-order valence-corrected chi connectivity index (χ1v) is 9.46. The molecule has 0 aromatic heterocycles. The van der Waals surface area contributed by atoms with E-state index in [1.165, 1.54) is 56.1 Å². The highest BCUT2D eigenvalue weighted by Gasteiger charge is 2.30. The SMILES string of the molecule is C=C1CCCC(CC=C2CC(C)(O)CCC2C)CCCC1C. The van der Waals surface area contributed by atoms with Crippen LogP contribution in [0.1, 0.15) is 85.0 Å². The molecule has 0 radical (unpaired) electrons. The zero-order valence-corrected chi connectivity index (χ0v) is 15.0. The van der Waals surface area contributed by atoms with E-state index in [4.69, 9.17) is 0 Å². The molecule has 0 heterocycles. The molecule has 1 N–H and O–H groups in total. The summed E-state index contributed by atoms with van der Waals surface area (Å²) in [6, 6.07) is 0. The molecule has 0 saturated heterocycles. The van der Waals surface area contributed by atoms with Gasteiger partial charge in [-0.15, -0.1) is 0 Å². The summed E-state index contributed by atoms with van der Waals surface area (Å²) < 4.78 is 0. The molecular weight excluding hydrogens is 268 g/mol. The lowest BCUT2D eigenvalue weighted by molar-refractivity contribution is 0.0305. The van der Waals surface area contributed by atoms with E-state index in [-0.39, 0.29) is 0 Å². The van der Waals surface area contributed by atoms with Gasteiger partial charge in [0.2, 0.25) is 0 Å². The maximum atomic E-state index is 10.3. The molecule has 2 saturated carbocycles. The largest absolute Gasteiger partial charge is 0.390 e. The van der Waals surface area contributed by atoms with Gasteiger partial charge < -0.3 is 5.11 Å². The van der Waals surface area contributed by atoms with Gasteiger partial charge in [0.1, 0.15) is 0 Å². The van der Waals surface area contributed by atoms with Gasteiger partial charge >= 0.3 is 0 Å². The molecular formula is C21H36O. The maximum absolute atomic E-state index is 10.3. The molecule has 2 fully saturated rings. The van der Waals surface area contributed by atoms with Crippen molar-refractivity contribution < 1.29 is 5.11 Å². The summed E-state index contributed by atoms with van der Waals surface area (Å²) in [5.74, 6) is 2.21. The van der Waals surface area contributed by atoms with E-state index in [9.17, 15) is 5.11 Å². The minimum atomic E-state index is -0.468. The Morgan fingerprint density at radius 3 is 2.64 bits per heavy atom. The van der Waals surface area contributed by atoms with Crippen molar-refractivity contribution in [1.82, 2.24) is 0 Å². The van der Waals surface area contributed by atoms with Crippen molar-refractivity contribution in [2.24, 2.45) is 17.8 Å². The minimum absolute atomic E-state index is 0.468. The lowest BCUT2D eigenvalue weighted by atomic mass is 9.76. The van der Waals surface area contributed by atoms with Crippen LogP contribution in [0.2, 0.25) is 0 Å². The summed E-state index contributed by atoms with van der Waals surface area (Å²) in [7, 11) is 0. The molecule has 22 heavy (non-hydrogen) atoms. The second-order valence-corrected chi connectivity index (χ2v) is 8.38. The van der Waals surface area contributed by atoms with Crippen molar-refractivity contribution in [1.29, 1.82) is 0 Å². The minimum Gasteiger partial charge on any atom is -0.390 e. The fourth-order valence-corrected chi connectivity index (χ4v) is 4.17. The molecule has 2 aliphatic carbocycles. The normalized spacial score (nSPS) is 40.1. The molecule has 2 aliphatic rings. The predicted molar refractivity (Wildman–Crippen MR) is 95.8 cm³/mol. The fourth-order valence-electron chi connectivity index (χ4n) is 4.17. The van der Waals surface area contributed by atoms with Crippen LogP contribution < -0.4 is 0 Å². The first-order valence-electron chi connectivity index (χ1n) is 9.46. The van der Waals surface area contributed by atoms with Gasteiger partial charge in [0.05, 0.1) is 5.60 Å². The second kappa shape index (κ2) is 7.81. The quantitative estimate of drug-likeness (QED) is 0.617. The Balaban J connectivity index is 1.91. The Bertz CT molecular complexity index is 404. The molecule has 0 amide bonds. The number of rotatable bonds is 2. The standard InChI is InChI=1S/C21H36O/c1-16-7-5-9-19(10-6-8-17(16)2)11-12-20-15-21(4,22)14-13-18(20)3/h12,17-19,22H,1,5-11,13-15H2,2-4H3. The van der Waals surface area contributed by atoms with E-state index in [1.54, 1.807) is 0 Å². The van der Waals surface area contributed by atoms with Gasteiger partial charge in [0, 0.05) is 0 Å². The number of hydrogen-bond acceptors (Lipinski definition) is 1. The molecule has 0 bridgehead atoms. The average molecular weight is 305 g/mol. The van der Waals surface area contributed by atoms with Crippen LogP contribution in [0.5, 0.6) is 0 Å². The van der Waals surface area contributed by atoms with Crippen LogP contribution in [-0.2, 0) is 0 Å². The number of aliphatic hydroxyl groups is 1. The van der Waals surface area contributed by atoms with Crippen molar-refractivity contribution in [3.63, 3.8) is 0 Å². The summed E-state index contributed by atoms with van der Waals surface area (Å²) in [5, 5.41) is 10.3. The zero-order valence-electron chi connectivity index (χ0n) is 15.0. The van der Waals surface area contributed by atoms with E-state index in [2.05, 4.69) is 26.5 Å². The molecule has 0 spiro atoms. The lowest BCUT2D eigenvalue weighted by Gasteiger charge is -2.34. The van der Waals surface area contributed by atoms with Gasteiger partial charge in [0.15, 0.2) is 0 Å². The maximum Gasteiger partial charge on any atom is 0.0657 e. The highest BCUT2D eigenvalue weighted by Crippen LogP contribution is 2.37. The van der Waals surface area contributed by atoms with Crippen molar-refractivity contribution >= 4 is 0 Å². The molecule has 1 nitrogen and oxygen atoms in total. The highest BCUT2D eigenvalue weighted by atomic mass is 16.3. The first kappa shape index (κ1) is 17.8. The number of allylic oxidation sites excluding steroid dienone is 2. The van der Waals surface area contributed by atoms with Gasteiger partial charge in [0.25, 0.3) is 0 Å². The summed E-state index contributed by atoms with van der Waals surface area (Å²) in [4.78, 5) is 0. The molecule has 0 aliphatic heterocycles. The van der Waals surface area contributed by atoms with Gasteiger partial charge in [-0.25, -0.2) is 0 Å². The number of hydrogen-bond donors (Lipinski definition) is 1. The van der Waals surface area contributed by atoms with Crippen LogP contribution in [0.4, 0.5) is 0 Å². The predicted octanol–water partition coefficient (Wildman–Crippen LogP) is 6.04. The Morgan fingerprint density at radius 2 is 1.86 bits per heavy atom. The monoisotopic (exact) mass is 304 g/mol. The molecule has 0 aromatic carbocycles. The summed E-state index contributed by atoms with van der Waals surface area (Å²) in [5.41, 5.74) is 2.51. The smallest absolute Gasteiger partial charge is 0.0657 e. The molecule has 2 rings (SSSR count). The molecule has 0 aromatic rings. The molecule has 4 atom stereocenters. The topological polar surface area (TPSA) is 20.2 Å². The molecule has 126 valence electrons.